The molecule has 0 aliphatic rings. The summed E-state index contributed by atoms with van der Waals surface area (Å²) in [6.07, 6.45) is 2.49. The first-order valence-electron chi connectivity index (χ1n) is 11.9. The van der Waals surface area contributed by atoms with Crippen LogP contribution in [0.1, 0.15) is 65.2 Å². The molecule has 2 aromatic rings. The van der Waals surface area contributed by atoms with Crippen LogP contribution in [0.15, 0.2) is 73.7 Å². The molecule has 0 saturated carbocycles. The predicted octanol–water partition coefficient (Wildman–Crippen LogP) is 9.51. The molecule has 2 aromatic carbocycles. The summed E-state index contributed by atoms with van der Waals surface area (Å²) in [4.78, 5) is 0. The van der Waals surface area contributed by atoms with Gasteiger partial charge in [-0.05, 0) is 60.7 Å². The van der Waals surface area contributed by atoms with Gasteiger partial charge in [-0.3, -0.25) is 0 Å². The van der Waals surface area contributed by atoms with Crippen LogP contribution in [0.2, 0.25) is 5.02 Å². The first kappa shape index (κ1) is 32.6. The fourth-order valence-electron chi connectivity index (χ4n) is 3.14. The Bertz CT molecular complexity index is 931. The molecule has 194 valence electrons. The Balaban J connectivity index is 0.00000274. The Hall–Kier alpha value is -2.36. The lowest BCUT2D eigenvalue weighted by atomic mass is 9.77. The molecule has 0 radical (unpaired) electrons. The van der Waals surface area contributed by atoms with Crippen LogP contribution in [-0.4, -0.2) is 19.1 Å². The van der Waals surface area contributed by atoms with E-state index in [9.17, 15) is 0 Å². The van der Waals surface area contributed by atoms with Gasteiger partial charge in [-0.2, -0.15) is 0 Å². The molecule has 0 N–H and O–H groups in total. The van der Waals surface area contributed by atoms with Crippen molar-refractivity contribution >= 4 is 23.2 Å². The van der Waals surface area contributed by atoms with E-state index >= 15 is 0 Å². The molecule has 0 atom stereocenters. The number of allylic oxidation sites excluding steroid dienone is 1. The highest BCUT2D eigenvalue weighted by Gasteiger charge is 2.25. The summed E-state index contributed by atoms with van der Waals surface area (Å²) >= 11 is 12.3. The Kier molecular flexibility index (Phi) is 16.0. The van der Waals surface area contributed by atoms with Gasteiger partial charge >= 0.3 is 0 Å². The molecule has 0 spiro atoms. The third kappa shape index (κ3) is 10.4. The molecule has 2 rings (SSSR count). The molecule has 0 unspecified atom stereocenters. The van der Waals surface area contributed by atoms with Crippen LogP contribution < -0.4 is 9.47 Å². The van der Waals surface area contributed by atoms with Crippen molar-refractivity contribution in [3.8, 4) is 11.5 Å². The van der Waals surface area contributed by atoms with Gasteiger partial charge < -0.3 is 14.2 Å². The third-order valence-corrected chi connectivity index (χ3v) is 5.49. The SMILES string of the molecule is C=C.C=C(C)O/C=C(\C)COc1ccc(C(C)(C)c2cc(Cl)c(OCCCl)c(CC)c2)cc1.CC. The molecule has 0 aliphatic heterocycles. The van der Waals surface area contributed by atoms with Crippen LogP contribution in [0.5, 0.6) is 11.5 Å². The molecule has 0 saturated heterocycles. The molecule has 0 aromatic heterocycles. The van der Waals surface area contributed by atoms with Gasteiger partial charge in [-0.15, -0.1) is 24.8 Å². The van der Waals surface area contributed by atoms with E-state index in [4.69, 9.17) is 37.4 Å². The van der Waals surface area contributed by atoms with Crippen LogP contribution in [-0.2, 0) is 16.6 Å². The maximum Gasteiger partial charge on any atom is 0.141 e. The molecule has 0 aliphatic carbocycles. The van der Waals surface area contributed by atoms with Crippen LogP contribution in [0.3, 0.4) is 0 Å². The zero-order valence-corrected chi connectivity index (χ0v) is 24.0. The van der Waals surface area contributed by atoms with Crippen LogP contribution >= 0.6 is 23.2 Å². The zero-order chi connectivity index (χ0) is 27.0. The largest absolute Gasteiger partial charge is 0.490 e. The standard InChI is InChI=1S/C26H32Cl2O3.C2H6.C2H4/c1-7-20-14-22(15-24(28)25(20)29-13-12-27)26(5,6)21-8-10-23(11-9-21)31-17-19(4)16-30-18(2)3;2*1-2/h8-11,14-16H,2,7,12-13,17H2,1,3-6H3;1-2H3;1-2H2/b19-16+;;. The molecule has 35 heavy (non-hydrogen) atoms. The van der Waals surface area contributed by atoms with Gasteiger partial charge in [0.25, 0.3) is 0 Å². The minimum atomic E-state index is -0.234. The van der Waals surface area contributed by atoms with Crippen molar-refractivity contribution in [2.45, 2.75) is 60.3 Å². The number of aryl methyl sites for hydroxylation is 1. The normalized spacial score (nSPS) is 10.8. The maximum atomic E-state index is 6.57. The van der Waals surface area contributed by atoms with E-state index in [1.807, 2.05) is 45.9 Å². The fraction of sp³-hybridized carbons (Fsp3) is 0.400. The summed E-state index contributed by atoms with van der Waals surface area (Å²) < 4.78 is 16.9. The van der Waals surface area contributed by atoms with E-state index in [0.717, 1.165) is 34.6 Å². The van der Waals surface area contributed by atoms with Crippen LogP contribution in [0.4, 0.5) is 0 Å². The number of hydrogen-bond donors (Lipinski definition) is 0. The minimum absolute atomic E-state index is 0.234. The van der Waals surface area contributed by atoms with Crippen LogP contribution in [0, 0.1) is 0 Å². The van der Waals surface area contributed by atoms with E-state index in [1.54, 1.807) is 6.26 Å². The van der Waals surface area contributed by atoms with Crippen molar-refractivity contribution in [3.05, 3.63) is 95.4 Å². The summed E-state index contributed by atoms with van der Waals surface area (Å²) in [7, 11) is 0. The highest BCUT2D eigenvalue weighted by Crippen LogP contribution is 2.39. The minimum Gasteiger partial charge on any atom is -0.490 e. The Morgan fingerprint density at radius 1 is 1.00 bits per heavy atom. The van der Waals surface area contributed by atoms with Gasteiger partial charge in [0.1, 0.15) is 24.7 Å². The molecule has 0 heterocycles. The summed E-state index contributed by atoms with van der Waals surface area (Å²) in [5, 5.41) is 0.617. The van der Waals surface area contributed by atoms with Gasteiger partial charge in [0.2, 0.25) is 0 Å². The van der Waals surface area contributed by atoms with E-state index in [2.05, 4.69) is 58.7 Å². The van der Waals surface area contributed by atoms with Gasteiger partial charge in [0.05, 0.1) is 22.9 Å². The molecular weight excluding hydrogens is 479 g/mol. The Labute approximate surface area is 223 Å². The number of halogens is 2. The second-order valence-electron chi connectivity index (χ2n) is 8.06. The lowest BCUT2D eigenvalue weighted by molar-refractivity contribution is 0.322. The predicted molar refractivity (Wildman–Crippen MR) is 153 cm³/mol. The number of benzene rings is 2. The van der Waals surface area contributed by atoms with E-state index in [0.29, 0.717) is 29.9 Å². The number of hydrogen-bond acceptors (Lipinski definition) is 3. The first-order chi connectivity index (χ1) is 16.7. The Morgan fingerprint density at radius 2 is 1.60 bits per heavy atom. The van der Waals surface area contributed by atoms with Crippen molar-refractivity contribution in [1.29, 1.82) is 0 Å². The van der Waals surface area contributed by atoms with Crippen molar-refractivity contribution in [3.63, 3.8) is 0 Å². The van der Waals surface area contributed by atoms with Crippen molar-refractivity contribution in [1.82, 2.24) is 0 Å². The highest BCUT2D eigenvalue weighted by atomic mass is 35.5. The maximum absolute atomic E-state index is 6.57. The zero-order valence-electron chi connectivity index (χ0n) is 22.5. The topological polar surface area (TPSA) is 27.7 Å². The van der Waals surface area contributed by atoms with E-state index in [-0.39, 0.29) is 5.41 Å². The van der Waals surface area contributed by atoms with Crippen molar-refractivity contribution < 1.29 is 14.2 Å². The number of rotatable bonds is 11. The third-order valence-electron chi connectivity index (χ3n) is 5.05. The first-order valence-corrected chi connectivity index (χ1v) is 12.8. The lowest BCUT2D eigenvalue weighted by Gasteiger charge is -2.28. The second kappa shape index (κ2) is 17.1. The monoisotopic (exact) mass is 520 g/mol. The molecule has 0 amide bonds. The van der Waals surface area contributed by atoms with Gasteiger partial charge in [0.15, 0.2) is 0 Å². The Morgan fingerprint density at radius 3 is 2.11 bits per heavy atom. The van der Waals surface area contributed by atoms with E-state index in [1.165, 1.54) is 5.56 Å². The average molecular weight is 522 g/mol. The van der Waals surface area contributed by atoms with Crippen molar-refractivity contribution in [2.75, 3.05) is 19.1 Å². The van der Waals surface area contributed by atoms with Gasteiger partial charge in [-0.1, -0.05) is 71.0 Å². The number of alkyl halides is 1. The van der Waals surface area contributed by atoms with E-state index < -0.39 is 0 Å². The average Bonchev–Trinajstić information content (AvgIpc) is 2.87. The number of ether oxygens (including phenoxy) is 3. The fourth-order valence-corrected chi connectivity index (χ4v) is 3.51. The molecule has 3 nitrogen and oxygen atoms in total. The summed E-state index contributed by atoms with van der Waals surface area (Å²) in [6.45, 7) is 24.8. The van der Waals surface area contributed by atoms with Gasteiger partial charge in [-0.25, -0.2) is 0 Å². The molecule has 5 heteroatoms. The molecule has 0 bridgehead atoms. The summed E-state index contributed by atoms with van der Waals surface area (Å²) in [6, 6.07) is 12.3. The van der Waals surface area contributed by atoms with Gasteiger partial charge in [0, 0.05) is 5.41 Å². The lowest BCUT2D eigenvalue weighted by Crippen LogP contribution is -2.19. The van der Waals surface area contributed by atoms with Crippen LogP contribution in [0.25, 0.3) is 0 Å². The molecule has 0 fully saturated rings. The van der Waals surface area contributed by atoms with Crippen molar-refractivity contribution in [2.24, 2.45) is 0 Å². The molecular formula is C30H42Cl2O3. The highest BCUT2D eigenvalue weighted by molar-refractivity contribution is 6.32. The summed E-state index contributed by atoms with van der Waals surface area (Å²) in [5.74, 6) is 2.61. The second-order valence-corrected chi connectivity index (χ2v) is 8.84. The smallest absolute Gasteiger partial charge is 0.141 e. The summed E-state index contributed by atoms with van der Waals surface area (Å²) in [5.41, 5.74) is 4.13. The quantitative estimate of drug-likeness (QED) is 0.167.